The number of aryl methyl sites for hydroxylation is 2. The second-order valence-corrected chi connectivity index (χ2v) is 7.29. The molecule has 3 aromatic rings. The second-order valence-electron chi connectivity index (χ2n) is 6.93. The third kappa shape index (κ3) is 5.16. The average Bonchev–Trinajstić information content (AvgIpc) is 2.96. The molecule has 0 aliphatic heterocycles. The molecule has 9 heteroatoms. The van der Waals surface area contributed by atoms with Crippen LogP contribution in [0, 0.1) is 25.5 Å². The Hall–Kier alpha value is -3.52. The van der Waals surface area contributed by atoms with E-state index in [1.807, 2.05) is 31.2 Å². The predicted octanol–water partition coefficient (Wildman–Crippen LogP) is 4.23. The standard InChI is InChI=1S/C22H19ClF2N4O2/c1-12-3-5-14(6-4-12)11-29-21(23)15(13(2)28-29)7-8-20(30)27-19-9-16(22(26)31)17(24)10-18(19)25/h3-10H,11H2,1-2H3,(H2,26,31)(H,27,30)/b8-7+. The highest BCUT2D eigenvalue weighted by Crippen LogP contribution is 2.23. The predicted molar refractivity (Wildman–Crippen MR) is 115 cm³/mol. The number of nitrogens with two attached hydrogens (primary N) is 1. The Kier molecular flexibility index (Phi) is 6.50. The summed E-state index contributed by atoms with van der Waals surface area (Å²) in [6, 6.07) is 9.25. The van der Waals surface area contributed by atoms with Gasteiger partial charge in [-0.3, -0.25) is 9.59 Å². The van der Waals surface area contributed by atoms with Crippen molar-refractivity contribution in [3.63, 3.8) is 0 Å². The lowest BCUT2D eigenvalue weighted by Crippen LogP contribution is -2.16. The molecule has 0 bridgehead atoms. The van der Waals surface area contributed by atoms with E-state index in [0.717, 1.165) is 23.3 Å². The number of benzene rings is 2. The molecule has 2 aromatic carbocycles. The summed E-state index contributed by atoms with van der Waals surface area (Å²) in [5, 5.41) is 6.98. The van der Waals surface area contributed by atoms with Gasteiger partial charge in [-0.1, -0.05) is 41.4 Å². The number of carbonyl (C=O) groups is 2. The fourth-order valence-corrected chi connectivity index (χ4v) is 3.19. The molecule has 160 valence electrons. The molecule has 0 aliphatic carbocycles. The summed E-state index contributed by atoms with van der Waals surface area (Å²) in [4.78, 5) is 23.4. The van der Waals surface area contributed by atoms with E-state index < -0.39 is 29.0 Å². The van der Waals surface area contributed by atoms with Crippen LogP contribution in [0.2, 0.25) is 5.15 Å². The fraction of sp³-hybridized carbons (Fsp3) is 0.136. The first kappa shape index (κ1) is 22.2. The van der Waals surface area contributed by atoms with E-state index in [4.69, 9.17) is 17.3 Å². The van der Waals surface area contributed by atoms with E-state index >= 15 is 0 Å². The highest BCUT2D eigenvalue weighted by molar-refractivity contribution is 6.31. The number of amides is 2. The van der Waals surface area contributed by atoms with Gasteiger partial charge in [-0.2, -0.15) is 5.10 Å². The van der Waals surface area contributed by atoms with Gasteiger partial charge in [-0.05, 0) is 31.6 Å². The van der Waals surface area contributed by atoms with E-state index in [2.05, 4.69) is 10.4 Å². The smallest absolute Gasteiger partial charge is 0.251 e. The molecule has 0 spiro atoms. The number of hydrogen-bond donors (Lipinski definition) is 2. The number of halogens is 3. The van der Waals surface area contributed by atoms with Crippen LogP contribution in [0.4, 0.5) is 14.5 Å². The number of nitrogens with zero attached hydrogens (tertiary/aromatic N) is 2. The van der Waals surface area contributed by atoms with E-state index in [0.29, 0.717) is 29.0 Å². The molecule has 6 nitrogen and oxygen atoms in total. The van der Waals surface area contributed by atoms with Gasteiger partial charge in [0.15, 0.2) is 0 Å². The third-order valence-corrected chi connectivity index (χ3v) is 4.94. The molecule has 0 unspecified atom stereocenters. The highest BCUT2D eigenvalue weighted by Gasteiger charge is 2.16. The van der Waals surface area contributed by atoms with Gasteiger partial charge >= 0.3 is 0 Å². The summed E-state index contributed by atoms with van der Waals surface area (Å²) in [5.74, 6) is -3.93. The van der Waals surface area contributed by atoms with Crippen molar-refractivity contribution in [2.45, 2.75) is 20.4 Å². The molecule has 0 aliphatic rings. The van der Waals surface area contributed by atoms with E-state index in [9.17, 15) is 18.4 Å². The first-order valence-electron chi connectivity index (χ1n) is 9.22. The number of primary amides is 1. The average molecular weight is 445 g/mol. The summed E-state index contributed by atoms with van der Waals surface area (Å²) in [6.45, 7) is 4.19. The molecule has 0 saturated carbocycles. The van der Waals surface area contributed by atoms with Gasteiger partial charge in [-0.15, -0.1) is 0 Å². The first-order valence-corrected chi connectivity index (χ1v) is 9.60. The molecule has 1 heterocycles. The minimum atomic E-state index is -1.11. The second kappa shape index (κ2) is 9.09. The molecule has 0 radical (unpaired) electrons. The van der Waals surface area contributed by atoms with Crippen LogP contribution < -0.4 is 11.1 Å². The minimum absolute atomic E-state index is 0.339. The lowest BCUT2D eigenvalue weighted by Gasteiger charge is -2.07. The summed E-state index contributed by atoms with van der Waals surface area (Å²) in [7, 11) is 0. The number of anilines is 1. The molecule has 1 aromatic heterocycles. The molecule has 3 N–H and O–H groups in total. The molecule has 31 heavy (non-hydrogen) atoms. The Morgan fingerprint density at radius 3 is 2.48 bits per heavy atom. The van der Waals surface area contributed by atoms with Crippen LogP contribution in [-0.2, 0) is 11.3 Å². The van der Waals surface area contributed by atoms with Gasteiger partial charge in [0.2, 0.25) is 5.91 Å². The topological polar surface area (TPSA) is 90.0 Å². The summed E-state index contributed by atoms with van der Waals surface area (Å²) >= 11 is 6.42. The van der Waals surface area contributed by atoms with Crippen molar-refractivity contribution in [1.82, 2.24) is 9.78 Å². The van der Waals surface area contributed by atoms with E-state index in [-0.39, 0.29) is 5.69 Å². The van der Waals surface area contributed by atoms with Crippen LogP contribution in [0.3, 0.4) is 0 Å². The Labute approximate surface area is 182 Å². The molecule has 2 amide bonds. The maximum absolute atomic E-state index is 13.9. The Balaban J connectivity index is 1.77. The van der Waals surface area contributed by atoms with Gasteiger partial charge in [0, 0.05) is 17.7 Å². The van der Waals surface area contributed by atoms with Crippen molar-refractivity contribution < 1.29 is 18.4 Å². The lowest BCUT2D eigenvalue weighted by atomic mass is 10.1. The van der Waals surface area contributed by atoms with E-state index in [1.165, 1.54) is 6.08 Å². The van der Waals surface area contributed by atoms with Crippen molar-refractivity contribution >= 4 is 35.2 Å². The SMILES string of the molecule is Cc1ccc(Cn2nc(C)c(/C=C/C(=O)Nc3cc(C(N)=O)c(F)cc3F)c2Cl)cc1. The van der Waals surface area contributed by atoms with Gasteiger partial charge in [0.1, 0.15) is 16.8 Å². The van der Waals surface area contributed by atoms with Gasteiger partial charge < -0.3 is 11.1 Å². The molecule has 0 fully saturated rings. The monoisotopic (exact) mass is 444 g/mol. The number of aromatic nitrogens is 2. The van der Waals surface area contributed by atoms with Gasteiger partial charge in [-0.25, -0.2) is 13.5 Å². The van der Waals surface area contributed by atoms with Crippen molar-refractivity contribution in [3.8, 4) is 0 Å². The summed E-state index contributed by atoms with van der Waals surface area (Å²) < 4.78 is 29.1. The van der Waals surface area contributed by atoms with Crippen LogP contribution in [0.25, 0.3) is 6.08 Å². The Morgan fingerprint density at radius 1 is 1.16 bits per heavy atom. The van der Waals surface area contributed by atoms with Crippen molar-refractivity contribution in [3.05, 3.63) is 87.2 Å². The highest BCUT2D eigenvalue weighted by atomic mass is 35.5. The Morgan fingerprint density at radius 2 is 1.84 bits per heavy atom. The normalized spacial score (nSPS) is 11.1. The third-order valence-electron chi connectivity index (χ3n) is 4.54. The van der Waals surface area contributed by atoms with Crippen LogP contribution in [-0.4, -0.2) is 21.6 Å². The molecule has 0 atom stereocenters. The number of rotatable bonds is 6. The summed E-state index contributed by atoms with van der Waals surface area (Å²) in [6.07, 6.45) is 2.58. The van der Waals surface area contributed by atoms with Crippen LogP contribution >= 0.6 is 11.6 Å². The molecule has 0 saturated heterocycles. The van der Waals surface area contributed by atoms with Crippen LogP contribution in [0.15, 0.2) is 42.5 Å². The van der Waals surface area contributed by atoms with Crippen LogP contribution in [0.1, 0.15) is 32.7 Å². The zero-order valence-electron chi connectivity index (χ0n) is 16.7. The fourth-order valence-electron chi connectivity index (χ4n) is 2.89. The van der Waals surface area contributed by atoms with Crippen LogP contribution in [0.5, 0.6) is 0 Å². The molecular formula is C22H19ClF2N4O2. The molecule has 3 rings (SSSR count). The zero-order valence-corrected chi connectivity index (χ0v) is 17.5. The van der Waals surface area contributed by atoms with Gasteiger partial charge in [0.05, 0.1) is 23.5 Å². The largest absolute Gasteiger partial charge is 0.366 e. The van der Waals surface area contributed by atoms with Gasteiger partial charge in [0.25, 0.3) is 5.91 Å². The lowest BCUT2D eigenvalue weighted by molar-refractivity contribution is -0.111. The number of carbonyl (C=O) groups excluding carboxylic acids is 2. The quantitative estimate of drug-likeness (QED) is 0.557. The molecular weight excluding hydrogens is 426 g/mol. The van der Waals surface area contributed by atoms with E-state index in [1.54, 1.807) is 11.6 Å². The Bertz CT molecular complexity index is 1190. The minimum Gasteiger partial charge on any atom is -0.366 e. The maximum atomic E-state index is 13.9. The maximum Gasteiger partial charge on any atom is 0.251 e. The summed E-state index contributed by atoms with van der Waals surface area (Å²) in [5.41, 5.74) is 7.43. The van der Waals surface area contributed by atoms with Crippen molar-refractivity contribution in [2.24, 2.45) is 5.73 Å². The van der Waals surface area contributed by atoms with Crippen molar-refractivity contribution in [1.29, 1.82) is 0 Å². The zero-order chi connectivity index (χ0) is 22.7. The first-order chi connectivity index (χ1) is 14.7. The number of nitrogens with one attached hydrogen (secondary N) is 1. The number of hydrogen-bond acceptors (Lipinski definition) is 3. The van der Waals surface area contributed by atoms with Crippen molar-refractivity contribution in [2.75, 3.05) is 5.32 Å².